The van der Waals surface area contributed by atoms with E-state index in [1.54, 1.807) is 0 Å². The molecule has 0 spiro atoms. The third kappa shape index (κ3) is 3.17. The first-order chi connectivity index (χ1) is 10.4. The van der Waals surface area contributed by atoms with Gasteiger partial charge in [-0.15, -0.1) is 0 Å². The molecule has 1 saturated heterocycles. The first-order valence-electron chi connectivity index (χ1n) is 7.96. The van der Waals surface area contributed by atoms with E-state index in [4.69, 9.17) is 0 Å². The average Bonchev–Trinajstić information content (AvgIpc) is 2.58. The zero-order chi connectivity index (χ0) is 14.5. The number of rotatable bonds is 4. The highest BCUT2D eigenvalue weighted by molar-refractivity contribution is 5.24. The molecular weight excluding hydrogens is 256 g/mol. The molecular formula is C19H24N2. The molecule has 1 heterocycles. The fourth-order valence-electron chi connectivity index (χ4n) is 3.41. The zero-order valence-electron chi connectivity index (χ0n) is 12.7. The standard InChI is InChI=1S/C19H24N2/c1-2-18(16-9-5-3-6-10-16)21-14-13-20-15-19(21)17-11-7-4-8-12-17/h3-12,18-20H,2,13-15H2,1H3. The van der Waals surface area contributed by atoms with Crippen LogP contribution in [0.4, 0.5) is 0 Å². The molecule has 2 nitrogen and oxygen atoms in total. The van der Waals surface area contributed by atoms with Crippen LogP contribution in [-0.4, -0.2) is 24.5 Å². The maximum atomic E-state index is 3.55. The lowest BCUT2D eigenvalue weighted by molar-refractivity contribution is 0.102. The van der Waals surface area contributed by atoms with Crippen molar-refractivity contribution < 1.29 is 0 Å². The van der Waals surface area contributed by atoms with Crippen molar-refractivity contribution in [3.8, 4) is 0 Å². The Kier molecular flexibility index (Phi) is 4.69. The normalized spacial score (nSPS) is 21.1. The molecule has 2 aromatic carbocycles. The Morgan fingerprint density at radius 1 is 1.05 bits per heavy atom. The summed E-state index contributed by atoms with van der Waals surface area (Å²) >= 11 is 0. The zero-order valence-corrected chi connectivity index (χ0v) is 12.7. The summed E-state index contributed by atoms with van der Waals surface area (Å²) in [6, 6.07) is 22.8. The molecule has 1 aliphatic rings. The minimum Gasteiger partial charge on any atom is -0.314 e. The molecule has 2 heteroatoms. The molecule has 0 saturated carbocycles. The van der Waals surface area contributed by atoms with E-state index < -0.39 is 0 Å². The van der Waals surface area contributed by atoms with Crippen LogP contribution in [-0.2, 0) is 0 Å². The second-order valence-corrected chi connectivity index (χ2v) is 5.70. The van der Waals surface area contributed by atoms with Gasteiger partial charge in [-0.2, -0.15) is 0 Å². The number of hydrogen-bond acceptors (Lipinski definition) is 2. The molecule has 0 radical (unpaired) electrons. The Morgan fingerprint density at radius 3 is 2.38 bits per heavy atom. The highest BCUT2D eigenvalue weighted by Gasteiger charge is 2.29. The lowest BCUT2D eigenvalue weighted by Gasteiger charge is -2.42. The van der Waals surface area contributed by atoms with Crippen LogP contribution in [0.3, 0.4) is 0 Å². The lowest BCUT2D eigenvalue weighted by Crippen LogP contribution is -2.47. The van der Waals surface area contributed by atoms with Crippen molar-refractivity contribution in [1.82, 2.24) is 10.2 Å². The minimum atomic E-state index is 0.463. The Hall–Kier alpha value is -1.64. The molecule has 1 fully saturated rings. The maximum absolute atomic E-state index is 3.55. The molecule has 1 aliphatic heterocycles. The van der Waals surface area contributed by atoms with Crippen molar-refractivity contribution in [2.24, 2.45) is 0 Å². The summed E-state index contributed by atoms with van der Waals surface area (Å²) in [4.78, 5) is 2.67. The molecule has 2 unspecified atom stereocenters. The monoisotopic (exact) mass is 280 g/mol. The van der Waals surface area contributed by atoms with E-state index in [0.717, 1.165) is 26.1 Å². The van der Waals surface area contributed by atoms with E-state index in [1.807, 2.05) is 0 Å². The molecule has 2 aromatic rings. The van der Waals surface area contributed by atoms with Crippen LogP contribution in [0.1, 0.15) is 36.6 Å². The second kappa shape index (κ2) is 6.88. The molecule has 0 aromatic heterocycles. The summed E-state index contributed by atoms with van der Waals surface area (Å²) in [5, 5.41) is 3.55. The van der Waals surface area contributed by atoms with Crippen LogP contribution >= 0.6 is 0 Å². The van der Waals surface area contributed by atoms with Crippen LogP contribution < -0.4 is 5.32 Å². The Labute approximate surface area is 127 Å². The van der Waals surface area contributed by atoms with Crippen molar-refractivity contribution in [3.63, 3.8) is 0 Å². The lowest BCUT2D eigenvalue weighted by atomic mass is 9.96. The summed E-state index contributed by atoms with van der Waals surface area (Å²) in [6.45, 7) is 5.51. The Balaban J connectivity index is 1.89. The Morgan fingerprint density at radius 2 is 1.71 bits per heavy atom. The number of nitrogens with zero attached hydrogens (tertiary/aromatic N) is 1. The van der Waals surface area contributed by atoms with Crippen molar-refractivity contribution in [1.29, 1.82) is 0 Å². The van der Waals surface area contributed by atoms with Gasteiger partial charge in [-0.1, -0.05) is 67.6 Å². The topological polar surface area (TPSA) is 15.3 Å². The maximum Gasteiger partial charge on any atom is 0.0479 e. The highest BCUT2D eigenvalue weighted by atomic mass is 15.2. The van der Waals surface area contributed by atoms with E-state index in [0.29, 0.717) is 12.1 Å². The van der Waals surface area contributed by atoms with Crippen LogP contribution in [0.2, 0.25) is 0 Å². The van der Waals surface area contributed by atoms with Crippen LogP contribution in [0, 0.1) is 0 Å². The summed E-state index contributed by atoms with van der Waals surface area (Å²) in [5.74, 6) is 0. The third-order valence-electron chi connectivity index (χ3n) is 4.44. The van der Waals surface area contributed by atoms with E-state index in [9.17, 15) is 0 Å². The summed E-state index contributed by atoms with van der Waals surface area (Å²) < 4.78 is 0. The predicted molar refractivity (Wildman–Crippen MR) is 88.2 cm³/mol. The molecule has 0 aliphatic carbocycles. The first kappa shape index (κ1) is 14.3. The summed E-state index contributed by atoms with van der Waals surface area (Å²) in [5.41, 5.74) is 2.85. The van der Waals surface area contributed by atoms with E-state index in [1.165, 1.54) is 11.1 Å². The van der Waals surface area contributed by atoms with E-state index >= 15 is 0 Å². The smallest absolute Gasteiger partial charge is 0.0479 e. The summed E-state index contributed by atoms with van der Waals surface area (Å²) in [7, 11) is 0. The van der Waals surface area contributed by atoms with Crippen LogP contribution in [0.5, 0.6) is 0 Å². The molecule has 110 valence electrons. The highest BCUT2D eigenvalue weighted by Crippen LogP contribution is 2.33. The Bertz CT molecular complexity index is 497. The van der Waals surface area contributed by atoms with Crippen molar-refractivity contribution in [2.45, 2.75) is 25.4 Å². The fourth-order valence-corrected chi connectivity index (χ4v) is 3.41. The van der Waals surface area contributed by atoms with Crippen LogP contribution in [0.15, 0.2) is 60.7 Å². The minimum absolute atomic E-state index is 0.463. The average molecular weight is 280 g/mol. The van der Waals surface area contributed by atoms with Gasteiger partial charge in [0.1, 0.15) is 0 Å². The fraction of sp³-hybridized carbons (Fsp3) is 0.368. The summed E-state index contributed by atoms with van der Waals surface area (Å²) in [6.07, 6.45) is 1.15. The largest absolute Gasteiger partial charge is 0.314 e. The molecule has 1 N–H and O–H groups in total. The number of benzene rings is 2. The molecule has 3 rings (SSSR count). The predicted octanol–water partition coefficient (Wildman–Crippen LogP) is 3.78. The van der Waals surface area contributed by atoms with Gasteiger partial charge in [0.15, 0.2) is 0 Å². The van der Waals surface area contributed by atoms with Gasteiger partial charge in [0, 0.05) is 31.7 Å². The van der Waals surface area contributed by atoms with Gasteiger partial charge in [0.2, 0.25) is 0 Å². The SMILES string of the molecule is CCC(c1ccccc1)N1CCNCC1c1ccccc1. The van der Waals surface area contributed by atoms with Crippen molar-refractivity contribution in [2.75, 3.05) is 19.6 Å². The van der Waals surface area contributed by atoms with Gasteiger partial charge in [-0.25, -0.2) is 0 Å². The molecule has 0 bridgehead atoms. The van der Waals surface area contributed by atoms with Gasteiger partial charge in [-0.3, -0.25) is 4.90 Å². The van der Waals surface area contributed by atoms with Gasteiger partial charge in [-0.05, 0) is 17.5 Å². The molecule has 2 atom stereocenters. The van der Waals surface area contributed by atoms with Crippen LogP contribution in [0.25, 0.3) is 0 Å². The van der Waals surface area contributed by atoms with Gasteiger partial charge in [0.25, 0.3) is 0 Å². The van der Waals surface area contributed by atoms with Crippen molar-refractivity contribution >= 4 is 0 Å². The number of piperazine rings is 1. The second-order valence-electron chi connectivity index (χ2n) is 5.70. The number of hydrogen-bond donors (Lipinski definition) is 1. The van der Waals surface area contributed by atoms with Gasteiger partial charge in [0.05, 0.1) is 0 Å². The first-order valence-corrected chi connectivity index (χ1v) is 7.96. The quantitative estimate of drug-likeness (QED) is 0.917. The van der Waals surface area contributed by atoms with Crippen molar-refractivity contribution in [3.05, 3.63) is 71.8 Å². The third-order valence-corrected chi connectivity index (χ3v) is 4.44. The van der Waals surface area contributed by atoms with Gasteiger partial charge >= 0.3 is 0 Å². The molecule has 0 amide bonds. The van der Waals surface area contributed by atoms with E-state index in [-0.39, 0.29) is 0 Å². The van der Waals surface area contributed by atoms with Gasteiger partial charge < -0.3 is 5.32 Å². The number of nitrogens with one attached hydrogen (secondary N) is 1. The molecule has 21 heavy (non-hydrogen) atoms. The van der Waals surface area contributed by atoms with E-state index in [2.05, 4.69) is 77.8 Å².